The van der Waals surface area contributed by atoms with Crippen LogP contribution in [0.3, 0.4) is 0 Å². The van der Waals surface area contributed by atoms with Crippen LogP contribution in [0.1, 0.15) is 5.56 Å². The highest BCUT2D eigenvalue weighted by Crippen LogP contribution is 2.21. The molecular formula is C16H14Br2N2O2S. The Labute approximate surface area is 156 Å². The predicted molar refractivity (Wildman–Crippen MR) is 103 cm³/mol. The van der Waals surface area contributed by atoms with E-state index in [1.165, 1.54) is 0 Å². The second kappa shape index (κ2) is 8.42. The Morgan fingerprint density at radius 2 is 1.87 bits per heavy atom. The zero-order chi connectivity index (χ0) is 16.8. The van der Waals surface area contributed by atoms with Gasteiger partial charge in [-0.15, -0.1) is 0 Å². The third-order valence-electron chi connectivity index (χ3n) is 2.85. The number of rotatable bonds is 4. The van der Waals surface area contributed by atoms with Crippen LogP contribution < -0.4 is 15.4 Å². The van der Waals surface area contributed by atoms with E-state index in [0.717, 1.165) is 20.2 Å². The van der Waals surface area contributed by atoms with Crippen molar-refractivity contribution in [2.75, 3.05) is 11.9 Å². The lowest BCUT2D eigenvalue weighted by Gasteiger charge is -2.11. The van der Waals surface area contributed by atoms with Gasteiger partial charge in [0.2, 0.25) is 0 Å². The maximum atomic E-state index is 11.8. The van der Waals surface area contributed by atoms with Gasteiger partial charge in [0.25, 0.3) is 5.91 Å². The molecular weight excluding hydrogens is 444 g/mol. The minimum atomic E-state index is -0.319. The fraction of sp³-hybridized carbons (Fsp3) is 0.125. The largest absolute Gasteiger partial charge is 0.484 e. The molecule has 0 unspecified atom stereocenters. The van der Waals surface area contributed by atoms with Crippen molar-refractivity contribution in [1.29, 1.82) is 0 Å². The standard InChI is InChI=1S/C16H14Br2N2O2S/c1-10-8-13(6-7-14(10)18)22-9-15(21)20-16(23)19-12-4-2-11(17)3-5-12/h2-8H,9H2,1H3,(H2,19,20,21,23). The summed E-state index contributed by atoms with van der Waals surface area (Å²) in [5.41, 5.74) is 1.83. The first-order chi connectivity index (χ1) is 10.9. The number of amides is 1. The highest BCUT2D eigenvalue weighted by Gasteiger charge is 2.07. The van der Waals surface area contributed by atoms with E-state index < -0.39 is 0 Å². The first-order valence-corrected chi connectivity index (χ1v) is 8.69. The molecule has 0 bridgehead atoms. The minimum absolute atomic E-state index is 0.108. The van der Waals surface area contributed by atoms with Crippen LogP contribution in [0.5, 0.6) is 5.75 Å². The number of hydrogen-bond donors (Lipinski definition) is 2. The molecule has 2 aromatic rings. The summed E-state index contributed by atoms with van der Waals surface area (Å²) >= 11 is 11.9. The average molecular weight is 458 g/mol. The Morgan fingerprint density at radius 3 is 2.52 bits per heavy atom. The van der Waals surface area contributed by atoms with Crippen LogP contribution in [-0.4, -0.2) is 17.6 Å². The smallest absolute Gasteiger partial charge is 0.264 e. The molecule has 23 heavy (non-hydrogen) atoms. The van der Waals surface area contributed by atoms with E-state index >= 15 is 0 Å². The molecule has 0 spiro atoms. The van der Waals surface area contributed by atoms with Crippen molar-refractivity contribution in [3.05, 3.63) is 57.0 Å². The zero-order valence-electron chi connectivity index (χ0n) is 12.2. The van der Waals surface area contributed by atoms with E-state index in [1.807, 2.05) is 43.3 Å². The summed E-state index contributed by atoms with van der Waals surface area (Å²) in [6, 6.07) is 13.0. The van der Waals surface area contributed by atoms with Gasteiger partial charge in [-0.05, 0) is 67.2 Å². The van der Waals surface area contributed by atoms with Gasteiger partial charge in [-0.25, -0.2) is 0 Å². The normalized spacial score (nSPS) is 10.0. The third-order valence-corrected chi connectivity index (χ3v) is 4.48. The van der Waals surface area contributed by atoms with E-state index in [0.29, 0.717) is 5.75 Å². The van der Waals surface area contributed by atoms with Gasteiger partial charge in [0, 0.05) is 14.6 Å². The number of hydrogen-bond acceptors (Lipinski definition) is 3. The van der Waals surface area contributed by atoms with Gasteiger partial charge in [0.15, 0.2) is 11.7 Å². The molecule has 0 aliphatic rings. The summed E-state index contributed by atoms with van der Waals surface area (Å²) in [6.45, 7) is 1.84. The molecule has 0 aliphatic heterocycles. The van der Waals surface area contributed by atoms with Crippen molar-refractivity contribution in [3.8, 4) is 5.75 Å². The van der Waals surface area contributed by atoms with Crippen LogP contribution in [-0.2, 0) is 4.79 Å². The van der Waals surface area contributed by atoms with Crippen LogP contribution in [0.2, 0.25) is 0 Å². The highest BCUT2D eigenvalue weighted by molar-refractivity contribution is 9.10. The van der Waals surface area contributed by atoms with Gasteiger partial charge in [-0.3, -0.25) is 10.1 Å². The molecule has 0 radical (unpaired) electrons. The molecule has 2 aromatic carbocycles. The lowest BCUT2D eigenvalue weighted by molar-refractivity contribution is -0.121. The minimum Gasteiger partial charge on any atom is -0.484 e. The number of carbonyl (C=O) groups excluding carboxylic acids is 1. The Hall–Kier alpha value is -1.44. The number of anilines is 1. The van der Waals surface area contributed by atoms with Crippen LogP contribution in [0.4, 0.5) is 5.69 Å². The molecule has 0 saturated heterocycles. The number of aryl methyl sites for hydroxylation is 1. The Bertz CT molecular complexity index is 721. The molecule has 120 valence electrons. The quantitative estimate of drug-likeness (QED) is 0.667. The molecule has 0 aromatic heterocycles. The summed E-state index contributed by atoms with van der Waals surface area (Å²) in [5, 5.41) is 5.74. The average Bonchev–Trinajstić information content (AvgIpc) is 2.51. The number of halogens is 2. The number of thiocarbonyl (C=S) groups is 1. The number of nitrogens with one attached hydrogen (secondary N) is 2. The first kappa shape index (κ1) is 17.9. The van der Waals surface area contributed by atoms with Gasteiger partial charge >= 0.3 is 0 Å². The molecule has 0 atom stereocenters. The molecule has 0 fully saturated rings. The molecule has 7 heteroatoms. The molecule has 2 N–H and O–H groups in total. The van der Waals surface area contributed by atoms with Gasteiger partial charge in [-0.1, -0.05) is 31.9 Å². The Morgan fingerprint density at radius 1 is 1.17 bits per heavy atom. The molecule has 0 heterocycles. The number of carbonyl (C=O) groups is 1. The van der Waals surface area contributed by atoms with Crippen molar-refractivity contribution in [2.24, 2.45) is 0 Å². The molecule has 0 aliphatic carbocycles. The lowest BCUT2D eigenvalue weighted by atomic mass is 10.2. The summed E-state index contributed by atoms with van der Waals surface area (Å²) in [5.74, 6) is 0.313. The Balaban J connectivity index is 1.80. The van der Waals surface area contributed by atoms with Gasteiger partial charge < -0.3 is 10.1 Å². The van der Waals surface area contributed by atoms with Crippen molar-refractivity contribution < 1.29 is 9.53 Å². The topological polar surface area (TPSA) is 50.4 Å². The van der Waals surface area contributed by atoms with Crippen LogP contribution in [0, 0.1) is 6.92 Å². The monoisotopic (exact) mass is 456 g/mol. The number of benzene rings is 2. The summed E-state index contributed by atoms with van der Waals surface area (Å²) in [4.78, 5) is 11.8. The highest BCUT2D eigenvalue weighted by atomic mass is 79.9. The van der Waals surface area contributed by atoms with E-state index in [4.69, 9.17) is 17.0 Å². The second-order valence-corrected chi connectivity index (χ2v) is 6.89. The molecule has 1 amide bonds. The summed E-state index contributed by atoms with van der Waals surface area (Å²) in [7, 11) is 0. The van der Waals surface area contributed by atoms with Crippen LogP contribution >= 0.6 is 44.1 Å². The van der Waals surface area contributed by atoms with E-state index in [1.54, 1.807) is 6.07 Å². The molecule has 4 nitrogen and oxygen atoms in total. The van der Waals surface area contributed by atoms with Crippen LogP contribution in [0.25, 0.3) is 0 Å². The Kier molecular flexibility index (Phi) is 6.56. The van der Waals surface area contributed by atoms with Crippen molar-refractivity contribution in [1.82, 2.24) is 5.32 Å². The van der Waals surface area contributed by atoms with Crippen LogP contribution in [0.15, 0.2) is 51.4 Å². The summed E-state index contributed by atoms with van der Waals surface area (Å²) in [6.07, 6.45) is 0. The lowest BCUT2D eigenvalue weighted by Crippen LogP contribution is -2.37. The maximum Gasteiger partial charge on any atom is 0.264 e. The number of ether oxygens (including phenoxy) is 1. The van der Waals surface area contributed by atoms with E-state index in [-0.39, 0.29) is 17.6 Å². The van der Waals surface area contributed by atoms with Gasteiger partial charge in [0.1, 0.15) is 5.75 Å². The fourth-order valence-electron chi connectivity index (χ4n) is 1.71. The summed E-state index contributed by atoms with van der Waals surface area (Å²) < 4.78 is 7.41. The zero-order valence-corrected chi connectivity index (χ0v) is 16.2. The first-order valence-electron chi connectivity index (χ1n) is 6.69. The van der Waals surface area contributed by atoms with Crippen molar-refractivity contribution >= 4 is 60.8 Å². The van der Waals surface area contributed by atoms with Gasteiger partial charge in [0.05, 0.1) is 0 Å². The molecule has 2 rings (SSSR count). The maximum absolute atomic E-state index is 11.8. The second-order valence-electron chi connectivity index (χ2n) is 4.71. The SMILES string of the molecule is Cc1cc(OCC(=O)NC(=S)Nc2ccc(Br)cc2)ccc1Br. The van der Waals surface area contributed by atoms with Gasteiger partial charge in [-0.2, -0.15) is 0 Å². The molecule has 0 saturated carbocycles. The van der Waals surface area contributed by atoms with E-state index in [2.05, 4.69) is 42.5 Å². The third kappa shape index (κ3) is 5.93. The van der Waals surface area contributed by atoms with Crippen molar-refractivity contribution in [2.45, 2.75) is 6.92 Å². The van der Waals surface area contributed by atoms with Crippen molar-refractivity contribution in [3.63, 3.8) is 0 Å². The van der Waals surface area contributed by atoms with E-state index in [9.17, 15) is 4.79 Å². The fourth-order valence-corrected chi connectivity index (χ4v) is 2.46. The predicted octanol–water partition coefficient (Wildman–Crippen LogP) is 4.41.